The second kappa shape index (κ2) is 8.19. The molecule has 0 aliphatic heterocycles. The van der Waals surface area contributed by atoms with Crippen molar-refractivity contribution in [3.63, 3.8) is 0 Å². The molecular weight excluding hydrogens is 290 g/mol. The molecule has 0 radical (unpaired) electrons. The number of benzene rings is 2. The van der Waals surface area contributed by atoms with Gasteiger partial charge in [-0.2, -0.15) is 0 Å². The summed E-state index contributed by atoms with van der Waals surface area (Å²) in [5.74, 6) is 1.26. The molecule has 0 amide bonds. The topological polar surface area (TPSA) is 26.0 Å². The SMILES string of the molecule is C=C(N)[C@H](CC[C@H](C)c1ccc(C)cc1)[C@H](C)c1ccc(C)cc1. The van der Waals surface area contributed by atoms with Crippen molar-refractivity contribution in [2.75, 3.05) is 0 Å². The lowest BCUT2D eigenvalue weighted by molar-refractivity contribution is 0.441. The molecule has 1 nitrogen and oxygen atoms in total. The quantitative estimate of drug-likeness (QED) is 0.657. The number of aryl methyl sites for hydroxylation is 2. The van der Waals surface area contributed by atoms with Crippen molar-refractivity contribution in [2.24, 2.45) is 11.7 Å². The zero-order valence-corrected chi connectivity index (χ0v) is 15.5. The smallest absolute Gasteiger partial charge is 0.00450 e. The van der Waals surface area contributed by atoms with Gasteiger partial charge in [0.05, 0.1) is 0 Å². The molecule has 0 heterocycles. The second-order valence-electron chi connectivity index (χ2n) is 7.27. The van der Waals surface area contributed by atoms with Crippen molar-refractivity contribution >= 4 is 0 Å². The maximum atomic E-state index is 6.16. The van der Waals surface area contributed by atoms with E-state index in [1.807, 2.05) is 0 Å². The summed E-state index contributed by atoms with van der Waals surface area (Å²) < 4.78 is 0. The first-order valence-corrected chi connectivity index (χ1v) is 8.96. The van der Waals surface area contributed by atoms with Crippen molar-refractivity contribution in [3.8, 4) is 0 Å². The first-order chi connectivity index (χ1) is 11.4. The van der Waals surface area contributed by atoms with Crippen LogP contribution in [0, 0.1) is 19.8 Å². The van der Waals surface area contributed by atoms with E-state index in [-0.39, 0.29) is 0 Å². The summed E-state index contributed by atoms with van der Waals surface area (Å²) in [6.45, 7) is 12.9. The van der Waals surface area contributed by atoms with E-state index < -0.39 is 0 Å². The van der Waals surface area contributed by atoms with Gasteiger partial charge in [-0.25, -0.2) is 0 Å². The number of allylic oxidation sites excluding steroid dienone is 1. The third-order valence-corrected chi connectivity index (χ3v) is 5.24. The molecule has 1 heteroatoms. The molecule has 2 rings (SSSR count). The zero-order chi connectivity index (χ0) is 17.7. The van der Waals surface area contributed by atoms with Gasteiger partial charge in [0.25, 0.3) is 0 Å². The average Bonchev–Trinajstić information content (AvgIpc) is 2.55. The molecule has 0 fully saturated rings. The molecule has 2 aromatic carbocycles. The van der Waals surface area contributed by atoms with Gasteiger partial charge in [-0.05, 0) is 49.7 Å². The Morgan fingerprint density at radius 3 is 1.75 bits per heavy atom. The molecule has 24 heavy (non-hydrogen) atoms. The van der Waals surface area contributed by atoms with Gasteiger partial charge in [0, 0.05) is 11.6 Å². The lowest BCUT2D eigenvalue weighted by Crippen LogP contribution is -2.18. The highest BCUT2D eigenvalue weighted by Crippen LogP contribution is 2.34. The van der Waals surface area contributed by atoms with E-state index in [2.05, 4.69) is 82.8 Å². The minimum atomic E-state index is 0.320. The van der Waals surface area contributed by atoms with Gasteiger partial charge in [0.1, 0.15) is 0 Å². The van der Waals surface area contributed by atoms with Crippen LogP contribution < -0.4 is 5.73 Å². The van der Waals surface area contributed by atoms with Gasteiger partial charge >= 0.3 is 0 Å². The van der Waals surface area contributed by atoms with Crippen LogP contribution in [0.4, 0.5) is 0 Å². The maximum Gasteiger partial charge on any atom is 0.00450 e. The van der Waals surface area contributed by atoms with Gasteiger partial charge in [0.15, 0.2) is 0 Å². The molecule has 0 aromatic heterocycles. The molecule has 0 aliphatic carbocycles. The Bertz CT molecular complexity index is 651. The van der Waals surface area contributed by atoms with Crippen LogP contribution in [0.3, 0.4) is 0 Å². The molecule has 0 aliphatic rings. The molecule has 0 bridgehead atoms. The van der Waals surface area contributed by atoms with Crippen LogP contribution in [0.5, 0.6) is 0 Å². The summed E-state index contributed by atoms with van der Waals surface area (Å²) in [7, 11) is 0. The first-order valence-electron chi connectivity index (χ1n) is 8.96. The van der Waals surface area contributed by atoms with E-state index in [4.69, 9.17) is 5.73 Å². The number of hydrogen-bond acceptors (Lipinski definition) is 1. The van der Waals surface area contributed by atoms with Gasteiger partial charge in [-0.3, -0.25) is 0 Å². The molecular formula is C23H31N. The van der Waals surface area contributed by atoms with Crippen LogP contribution in [0.2, 0.25) is 0 Å². The Kier molecular flexibility index (Phi) is 6.25. The molecule has 2 aromatic rings. The lowest BCUT2D eigenvalue weighted by Gasteiger charge is -2.26. The highest BCUT2D eigenvalue weighted by molar-refractivity contribution is 5.27. The third kappa shape index (κ3) is 4.74. The summed E-state index contributed by atoms with van der Waals surface area (Å²) in [5, 5.41) is 0. The Labute approximate surface area is 147 Å². The summed E-state index contributed by atoms with van der Waals surface area (Å²) in [5.41, 5.74) is 12.3. The number of nitrogens with two attached hydrogens (primary N) is 1. The van der Waals surface area contributed by atoms with Crippen molar-refractivity contribution in [1.82, 2.24) is 0 Å². The van der Waals surface area contributed by atoms with E-state index in [0.717, 1.165) is 18.5 Å². The number of hydrogen-bond donors (Lipinski definition) is 1. The minimum Gasteiger partial charge on any atom is -0.402 e. The van der Waals surface area contributed by atoms with Gasteiger partial charge in [-0.15, -0.1) is 0 Å². The van der Waals surface area contributed by atoms with Gasteiger partial charge in [-0.1, -0.05) is 80.1 Å². The summed E-state index contributed by atoms with van der Waals surface area (Å²) in [6.07, 6.45) is 2.19. The highest BCUT2D eigenvalue weighted by Gasteiger charge is 2.21. The van der Waals surface area contributed by atoms with E-state index in [0.29, 0.717) is 17.8 Å². The largest absolute Gasteiger partial charge is 0.402 e. The summed E-state index contributed by atoms with van der Waals surface area (Å²) in [4.78, 5) is 0. The molecule has 0 spiro atoms. The van der Waals surface area contributed by atoms with Crippen LogP contribution in [0.1, 0.15) is 60.8 Å². The average molecular weight is 322 g/mol. The van der Waals surface area contributed by atoms with Crippen LogP contribution in [-0.2, 0) is 0 Å². The number of rotatable bonds is 7. The molecule has 0 saturated carbocycles. The van der Waals surface area contributed by atoms with Crippen LogP contribution in [-0.4, -0.2) is 0 Å². The van der Waals surface area contributed by atoms with E-state index in [1.54, 1.807) is 0 Å². The van der Waals surface area contributed by atoms with Crippen molar-refractivity contribution in [1.29, 1.82) is 0 Å². The monoisotopic (exact) mass is 321 g/mol. The van der Waals surface area contributed by atoms with Crippen molar-refractivity contribution in [3.05, 3.63) is 83.1 Å². The van der Waals surface area contributed by atoms with E-state index in [9.17, 15) is 0 Å². The summed E-state index contributed by atoms with van der Waals surface area (Å²) >= 11 is 0. The normalized spacial score (nSPS) is 14.8. The second-order valence-corrected chi connectivity index (χ2v) is 7.27. The lowest BCUT2D eigenvalue weighted by atomic mass is 9.80. The Hall–Kier alpha value is -2.02. The Morgan fingerprint density at radius 1 is 0.833 bits per heavy atom. The maximum absolute atomic E-state index is 6.16. The zero-order valence-electron chi connectivity index (χ0n) is 15.5. The van der Waals surface area contributed by atoms with Crippen LogP contribution in [0.15, 0.2) is 60.8 Å². The van der Waals surface area contributed by atoms with Crippen LogP contribution >= 0.6 is 0 Å². The van der Waals surface area contributed by atoms with Crippen molar-refractivity contribution in [2.45, 2.75) is 52.4 Å². The van der Waals surface area contributed by atoms with Gasteiger partial charge in [0.2, 0.25) is 0 Å². The Balaban J connectivity index is 2.04. The van der Waals surface area contributed by atoms with Gasteiger partial charge < -0.3 is 5.73 Å². The predicted octanol–water partition coefficient (Wildman–Crippen LogP) is 6.08. The predicted molar refractivity (Wildman–Crippen MR) is 105 cm³/mol. The Morgan fingerprint density at radius 2 is 1.29 bits per heavy atom. The highest BCUT2D eigenvalue weighted by atomic mass is 14.6. The molecule has 2 N–H and O–H groups in total. The molecule has 128 valence electrons. The molecule has 0 saturated heterocycles. The molecule has 3 atom stereocenters. The summed E-state index contributed by atoms with van der Waals surface area (Å²) in [6, 6.07) is 17.7. The van der Waals surface area contributed by atoms with E-state index in [1.165, 1.54) is 22.3 Å². The standard InChI is InChI=1S/C23H31N/c1-16-6-11-21(12-7-16)18(3)10-15-23(20(5)24)19(4)22-13-8-17(2)9-14-22/h6-9,11-14,18-19,23H,5,10,15,24H2,1-4H3/t18-,19+,23+/m0/s1. The fraction of sp³-hybridized carbons (Fsp3) is 0.391. The van der Waals surface area contributed by atoms with E-state index >= 15 is 0 Å². The fourth-order valence-corrected chi connectivity index (χ4v) is 3.35. The van der Waals surface area contributed by atoms with Crippen molar-refractivity contribution < 1.29 is 0 Å². The first kappa shape index (κ1) is 18.3. The third-order valence-electron chi connectivity index (χ3n) is 5.24. The molecule has 0 unspecified atom stereocenters. The van der Waals surface area contributed by atoms with Crippen LogP contribution in [0.25, 0.3) is 0 Å². The minimum absolute atomic E-state index is 0.320. The fourth-order valence-electron chi connectivity index (χ4n) is 3.35.